The topological polar surface area (TPSA) is 54.4 Å². The molecule has 2 aromatic carbocycles. The number of hydrogen-bond acceptors (Lipinski definition) is 3. The maximum Gasteiger partial charge on any atom is 0.273 e. The number of nitrogens with one attached hydrogen (secondary N) is 1. The van der Waals surface area contributed by atoms with E-state index in [4.69, 9.17) is 11.6 Å². The summed E-state index contributed by atoms with van der Waals surface area (Å²) in [4.78, 5) is 16.8. The Kier molecular flexibility index (Phi) is 4.58. The Bertz CT molecular complexity index is 950. The third-order valence-corrected chi connectivity index (χ3v) is 3.87. The molecule has 4 nitrogen and oxygen atoms in total. The molecule has 0 bridgehead atoms. The van der Waals surface area contributed by atoms with Crippen LogP contribution in [0.1, 0.15) is 27.2 Å². The number of nitrogens with zero attached hydrogens (tertiary/aromatic N) is 2. The fraction of sp³-hybridized carbons (Fsp3) is 0.105. The van der Waals surface area contributed by atoms with E-state index in [-0.39, 0.29) is 5.91 Å². The summed E-state index contributed by atoms with van der Waals surface area (Å²) in [6.45, 7) is 3.82. The molecule has 0 fully saturated rings. The molecule has 1 N–H and O–H groups in total. The highest BCUT2D eigenvalue weighted by Crippen LogP contribution is 2.18. The number of amides is 1. The van der Waals surface area contributed by atoms with Crippen molar-refractivity contribution in [2.75, 3.05) is 0 Å². The summed E-state index contributed by atoms with van der Waals surface area (Å²) < 4.78 is 0. The molecule has 1 amide bonds. The Hall–Kier alpha value is -2.72. The predicted molar refractivity (Wildman–Crippen MR) is 97.7 cm³/mol. The smallest absolute Gasteiger partial charge is 0.267 e. The summed E-state index contributed by atoms with van der Waals surface area (Å²) in [5, 5.41) is 5.54. The molecular formula is C19H16ClN3O. The second-order valence-electron chi connectivity index (χ2n) is 5.57. The number of aromatic nitrogens is 1. The van der Waals surface area contributed by atoms with Crippen molar-refractivity contribution >= 4 is 34.6 Å². The lowest BCUT2D eigenvalue weighted by molar-refractivity contribution is 0.0954. The lowest BCUT2D eigenvalue weighted by Crippen LogP contribution is -2.19. The van der Waals surface area contributed by atoms with Crippen LogP contribution in [0, 0.1) is 13.8 Å². The summed E-state index contributed by atoms with van der Waals surface area (Å²) in [7, 11) is 0. The van der Waals surface area contributed by atoms with E-state index in [1.165, 1.54) is 0 Å². The van der Waals surface area contributed by atoms with Gasteiger partial charge >= 0.3 is 0 Å². The summed E-state index contributed by atoms with van der Waals surface area (Å²) in [6, 6.07) is 15.0. The number of aryl methyl sites for hydroxylation is 2. The van der Waals surface area contributed by atoms with Gasteiger partial charge < -0.3 is 0 Å². The maximum atomic E-state index is 12.4. The second kappa shape index (κ2) is 6.81. The van der Waals surface area contributed by atoms with Crippen LogP contribution in [0.4, 0.5) is 0 Å². The van der Waals surface area contributed by atoms with Crippen molar-refractivity contribution in [2.45, 2.75) is 13.8 Å². The van der Waals surface area contributed by atoms with Gasteiger partial charge in [0.05, 0.1) is 23.0 Å². The fourth-order valence-electron chi connectivity index (χ4n) is 2.43. The summed E-state index contributed by atoms with van der Waals surface area (Å²) in [6.07, 6.45) is 1.55. The van der Waals surface area contributed by atoms with Gasteiger partial charge in [0.15, 0.2) is 0 Å². The van der Waals surface area contributed by atoms with Crippen LogP contribution in [0.25, 0.3) is 10.9 Å². The zero-order valence-electron chi connectivity index (χ0n) is 13.4. The van der Waals surface area contributed by atoms with Gasteiger partial charge in [0, 0.05) is 10.4 Å². The minimum absolute atomic E-state index is 0.290. The molecule has 3 rings (SSSR count). The third-order valence-electron chi connectivity index (χ3n) is 3.63. The first-order valence-electron chi connectivity index (χ1n) is 7.50. The van der Waals surface area contributed by atoms with Crippen molar-refractivity contribution < 1.29 is 4.79 Å². The number of pyridine rings is 1. The third kappa shape index (κ3) is 3.60. The van der Waals surface area contributed by atoms with Crippen molar-refractivity contribution in [1.82, 2.24) is 10.4 Å². The Morgan fingerprint density at radius 1 is 1.17 bits per heavy atom. The van der Waals surface area contributed by atoms with Crippen molar-refractivity contribution in [3.8, 4) is 0 Å². The van der Waals surface area contributed by atoms with Crippen LogP contribution in [0.2, 0.25) is 5.02 Å². The Morgan fingerprint density at radius 3 is 2.79 bits per heavy atom. The van der Waals surface area contributed by atoms with Gasteiger partial charge in [-0.2, -0.15) is 5.10 Å². The molecule has 5 heteroatoms. The molecule has 1 aromatic heterocycles. The Balaban J connectivity index is 1.82. The van der Waals surface area contributed by atoms with Crippen LogP contribution in [0.15, 0.2) is 53.6 Å². The fourth-order valence-corrected chi connectivity index (χ4v) is 2.63. The van der Waals surface area contributed by atoms with Crippen LogP contribution in [-0.4, -0.2) is 17.1 Å². The number of benzene rings is 2. The normalized spacial score (nSPS) is 11.1. The molecule has 0 radical (unpaired) electrons. The second-order valence-corrected chi connectivity index (χ2v) is 6.01. The molecule has 0 aliphatic heterocycles. The Morgan fingerprint density at radius 2 is 2.00 bits per heavy atom. The molecule has 0 aliphatic carbocycles. The van der Waals surface area contributed by atoms with Gasteiger partial charge in [-0.15, -0.1) is 0 Å². The monoisotopic (exact) mass is 337 g/mol. The SMILES string of the molecule is Cc1ccc2nc(C)c(C(=O)NN=Cc3cccc(Cl)c3)cc2c1. The molecule has 3 aromatic rings. The minimum Gasteiger partial charge on any atom is -0.267 e. The molecule has 0 atom stereocenters. The van der Waals surface area contributed by atoms with Crippen LogP contribution in [0.5, 0.6) is 0 Å². The molecule has 0 unspecified atom stereocenters. The van der Waals surface area contributed by atoms with Crippen molar-refractivity contribution in [1.29, 1.82) is 0 Å². The highest BCUT2D eigenvalue weighted by Gasteiger charge is 2.11. The van der Waals surface area contributed by atoms with Crippen LogP contribution < -0.4 is 5.43 Å². The predicted octanol–water partition coefficient (Wildman–Crippen LogP) is 4.27. The van der Waals surface area contributed by atoms with E-state index >= 15 is 0 Å². The van der Waals surface area contributed by atoms with Gasteiger partial charge in [0.2, 0.25) is 0 Å². The number of hydrogen-bond donors (Lipinski definition) is 1. The first kappa shape index (κ1) is 16.1. The van der Waals surface area contributed by atoms with E-state index in [1.54, 1.807) is 18.3 Å². The Labute approximate surface area is 145 Å². The van der Waals surface area contributed by atoms with Crippen LogP contribution in [0.3, 0.4) is 0 Å². The number of hydrazone groups is 1. The van der Waals surface area contributed by atoms with Gasteiger partial charge in [0.25, 0.3) is 5.91 Å². The summed E-state index contributed by atoms with van der Waals surface area (Å²) in [5.41, 5.74) is 6.52. The highest BCUT2D eigenvalue weighted by molar-refractivity contribution is 6.30. The summed E-state index contributed by atoms with van der Waals surface area (Å²) >= 11 is 5.91. The largest absolute Gasteiger partial charge is 0.273 e. The first-order valence-corrected chi connectivity index (χ1v) is 7.88. The van der Waals surface area contributed by atoms with E-state index in [9.17, 15) is 4.79 Å². The average Bonchev–Trinajstić information content (AvgIpc) is 2.54. The van der Waals surface area contributed by atoms with Gasteiger partial charge in [-0.25, -0.2) is 5.43 Å². The van der Waals surface area contributed by atoms with Crippen LogP contribution in [-0.2, 0) is 0 Å². The molecule has 0 spiro atoms. The van der Waals surface area contributed by atoms with Crippen LogP contribution >= 0.6 is 11.6 Å². The maximum absolute atomic E-state index is 12.4. The van der Waals surface area contributed by atoms with Gasteiger partial charge in [-0.3, -0.25) is 9.78 Å². The van der Waals surface area contributed by atoms with Crippen molar-refractivity contribution in [3.05, 3.63) is 75.9 Å². The van der Waals surface area contributed by atoms with Crippen molar-refractivity contribution in [2.24, 2.45) is 5.10 Å². The minimum atomic E-state index is -0.290. The molecule has 24 heavy (non-hydrogen) atoms. The standard InChI is InChI=1S/C19H16ClN3O/c1-12-6-7-18-15(8-12)10-17(13(2)22-18)19(24)23-21-11-14-4-3-5-16(20)9-14/h3-11H,1-2H3,(H,23,24). The molecular weight excluding hydrogens is 322 g/mol. The van der Waals surface area contributed by atoms with E-state index in [0.717, 1.165) is 22.0 Å². The number of carbonyl (C=O) groups is 1. The first-order chi connectivity index (χ1) is 11.5. The zero-order valence-corrected chi connectivity index (χ0v) is 14.1. The van der Waals surface area contributed by atoms with E-state index in [1.807, 2.05) is 50.2 Å². The van der Waals surface area contributed by atoms with E-state index in [0.29, 0.717) is 16.3 Å². The number of fused-ring (bicyclic) bond motifs is 1. The van der Waals surface area contributed by atoms with E-state index < -0.39 is 0 Å². The van der Waals surface area contributed by atoms with Gasteiger partial charge in [-0.1, -0.05) is 35.4 Å². The number of rotatable bonds is 3. The lowest BCUT2D eigenvalue weighted by atomic mass is 10.1. The summed E-state index contributed by atoms with van der Waals surface area (Å²) in [5.74, 6) is -0.290. The molecule has 0 saturated carbocycles. The van der Waals surface area contributed by atoms with E-state index in [2.05, 4.69) is 15.5 Å². The van der Waals surface area contributed by atoms with Gasteiger partial charge in [-0.05, 0) is 49.7 Å². The highest BCUT2D eigenvalue weighted by atomic mass is 35.5. The van der Waals surface area contributed by atoms with Crippen molar-refractivity contribution in [3.63, 3.8) is 0 Å². The molecule has 0 aliphatic rings. The number of carbonyl (C=O) groups excluding carboxylic acids is 1. The molecule has 120 valence electrons. The number of halogens is 1. The van der Waals surface area contributed by atoms with Gasteiger partial charge in [0.1, 0.15) is 0 Å². The molecule has 1 heterocycles. The quantitative estimate of drug-likeness (QED) is 0.573. The zero-order chi connectivity index (χ0) is 17.1. The average molecular weight is 338 g/mol. The lowest BCUT2D eigenvalue weighted by Gasteiger charge is -2.07. The molecule has 0 saturated heterocycles.